The Kier molecular flexibility index (Phi) is 4.71. The van der Waals surface area contributed by atoms with Crippen molar-refractivity contribution in [1.29, 1.82) is 0 Å². The Morgan fingerprint density at radius 3 is 2.72 bits per heavy atom. The van der Waals surface area contributed by atoms with Gasteiger partial charge in [-0.3, -0.25) is 9.59 Å². The lowest BCUT2D eigenvalue weighted by Crippen LogP contribution is -2.27. The van der Waals surface area contributed by atoms with Crippen LogP contribution in [0.15, 0.2) is 36.1 Å². The molecule has 1 heterocycles. The highest BCUT2D eigenvalue weighted by molar-refractivity contribution is 5.99. The maximum atomic E-state index is 11.4. The van der Waals surface area contributed by atoms with Crippen LogP contribution >= 0.6 is 0 Å². The lowest BCUT2D eigenvalue weighted by molar-refractivity contribution is -0.146. The topological polar surface area (TPSA) is 75.6 Å². The van der Waals surface area contributed by atoms with E-state index in [0.717, 1.165) is 0 Å². The van der Waals surface area contributed by atoms with Gasteiger partial charge in [-0.15, -0.1) is 0 Å². The van der Waals surface area contributed by atoms with E-state index in [1.165, 1.54) is 0 Å². The number of carboxylic acids is 1. The van der Waals surface area contributed by atoms with Gasteiger partial charge >= 0.3 is 5.97 Å². The van der Waals surface area contributed by atoms with Crippen LogP contribution in [0.2, 0.25) is 0 Å². The van der Waals surface area contributed by atoms with Crippen LogP contribution in [0, 0.1) is 11.8 Å². The number of methoxy groups -OCH3 is 1. The van der Waals surface area contributed by atoms with E-state index < -0.39 is 23.7 Å². The molecule has 1 amide bonds. The molecule has 0 aromatic rings. The molecule has 0 aromatic heterocycles. The summed E-state index contributed by atoms with van der Waals surface area (Å²) >= 11 is 0. The zero-order valence-corrected chi connectivity index (χ0v) is 10.5. The summed E-state index contributed by atoms with van der Waals surface area (Å²) in [5, 5.41) is 11.5. The lowest BCUT2D eigenvalue weighted by atomic mass is 9.89. The number of carboxylic acid groups (broad SMARTS) is 1. The van der Waals surface area contributed by atoms with Crippen molar-refractivity contribution in [2.45, 2.75) is 6.92 Å². The monoisotopic (exact) mass is 251 g/mol. The first-order chi connectivity index (χ1) is 8.51. The first-order valence-corrected chi connectivity index (χ1v) is 5.59. The third-order valence-electron chi connectivity index (χ3n) is 2.91. The number of rotatable bonds is 5. The van der Waals surface area contributed by atoms with Gasteiger partial charge in [0.2, 0.25) is 5.91 Å². The summed E-state index contributed by atoms with van der Waals surface area (Å²) in [6, 6.07) is 0. The highest BCUT2D eigenvalue weighted by atomic mass is 16.5. The number of hydrogen-bond acceptors (Lipinski definition) is 3. The van der Waals surface area contributed by atoms with E-state index in [0.29, 0.717) is 17.9 Å². The summed E-state index contributed by atoms with van der Waals surface area (Å²) in [6.07, 6.45) is 5.15. The number of carbonyl (C=O) groups is 2. The molecular formula is C13H17NO4. The zero-order valence-electron chi connectivity index (χ0n) is 10.5. The fourth-order valence-electron chi connectivity index (χ4n) is 1.85. The van der Waals surface area contributed by atoms with Crippen molar-refractivity contribution in [3.8, 4) is 0 Å². The first-order valence-electron chi connectivity index (χ1n) is 5.59. The Morgan fingerprint density at radius 1 is 1.56 bits per heavy atom. The minimum Gasteiger partial charge on any atom is -0.497 e. The van der Waals surface area contributed by atoms with Gasteiger partial charge in [0.15, 0.2) is 0 Å². The molecule has 1 rings (SSSR count). The van der Waals surface area contributed by atoms with Gasteiger partial charge < -0.3 is 15.2 Å². The second-order valence-electron chi connectivity index (χ2n) is 3.97. The van der Waals surface area contributed by atoms with E-state index >= 15 is 0 Å². The van der Waals surface area contributed by atoms with E-state index in [1.54, 1.807) is 25.3 Å². The Hall–Kier alpha value is -2.04. The van der Waals surface area contributed by atoms with Crippen LogP contribution in [0.3, 0.4) is 0 Å². The van der Waals surface area contributed by atoms with E-state index in [4.69, 9.17) is 9.84 Å². The van der Waals surface area contributed by atoms with Crippen LogP contribution in [-0.4, -0.2) is 30.6 Å². The summed E-state index contributed by atoms with van der Waals surface area (Å²) in [5.74, 6) is -2.40. The molecule has 18 heavy (non-hydrogen) atoms. The third-order valence-corrected chi connectivity index (χ3v) is 2.91. The highest BCUT2D eigenvalue weighted by Crippen LogP contribution is 2.26. The number of amides is 1. The molecule has 5 nitrogen and oxygen atoms in total. The largest absolute Gasteiger partial charge is 0.497 e. The van der Waals surface area contributed by atoms with Crippen LogP contribution in [0.5, 0.6) is 0 Å². The van der Waals surface area contributed by atoms with Crippen LogP contribution in [0.1, 0.15) is 6.92 Å². The van der Waals surface area contributed by atoms with E-state index in [1.807, 2.05) is 6.92 Å². The van der Waals surface area contributed by atoms with Gasteiger partial charge in [0.05, 0.1) is 7.11 Å². The average molecular weight is 251 g/mol. The van der Waals surface area contributed by atoms with Gasteiger partial charge in [0, 0.05) is 12.5 Å². The molecule has 0 radical (unpaired) electrons. The third kappa shape index (κ3) is 3.00. The number of hydrogen-bond donors (Lipinski definition) is 2. The van der Waals surface area contributed by atoms with Crippen molar-refractivity contribution in [3.05, 3.63) is 36.1 Å². The quantitative estimate of drug-likeness (QED) is 0.436. The van der Waals surface area contributed by atoms with Crippen molar-refractivity contribution in [2.75, 3.05) is 13.7 Å². The van der Waals surface area contributed by atoms with Crippen molar-refractivity contribution in [3.63, 3.8) is 0 Å². The Labute approximate surface area is 106 Å². The minimum absolute atomic E-state index is 0.303. The molecule has 98 valence electrons. The van der Waals surface area contributed by atoms with Crippen LogP contribution in [0.25, 0.3) is 0 Å². The normalized spacial score (nSPS) is 24.1. The molecule has 1 fully saturated rings. The van der Waals surface area contributed by atoms with Crippen molar-refractivity contribution < 1.29 is 19.4 Å². The van der Waals surface area contributed by atoms with Gasteiger partial charge in [-0.25, -0.2) is 0 Å². The fraction of sp³-hybridized carbons (Fsp3) is 0.385. The number of allylic oxidation sites excluding steroid dienone is 3. The predicted molar refractivity (Wildman–Crippen MR) is 66.7 cm³/mol. The van der Waals surface area contributed by atoms with Gasteiger partial charge in [-0.05, 0) is 24.6 Å². The molecule has 1 saturated heterocycles. The molecule has 2 atom stereocenters. The van der Waals surface area contributed by atoms with Crippen LogP contribution in [0.4, 0.5) is 0 Å². The second kappa shape index (κ2) is 6.05. The van der Waals surface area contributed by atoms with Gasteiger partial charge in [0.25, 0.3) is 0 Å². The molecule has 0 unspecified atom stereocenters. The fourth-order valence-corrected chi connectivity index (χ4v) is 1.85. The summed E-state index contributed by atoms with van der Waals surface area (Å²) < 4.78 is 5.04. The molecule has 0 spiro atoms. The Morgan fingerprint density at radius 2 is 2.22 bits per heavy atom. The molecule has 0 aromatic carbocycles. The predicted octanol–water partition coefficient (Wildman–Crippen LogP) is 1.10. The molecule has 0 saturated carbocycles. The summed E-state index contributed by atoms with van der Waals surface area (Å²) in [6.45, 7) is 5.95. The lowest BCUT2D eigenvalue weighted by Gasteiger charge is -2.13. The van der Waals surface area contributed by atoms with Gasteiger partial charge in [0.1, 0.15) is 11.7 Å². The SMILES string of the molecule is C=C(/C=C\C(=C/C)OC)[C@@H]1CNC(=O)[C@H]1C(=O)O. The molecule has 2 N–H and O–H groups in total. The summed E-state index contributed by atoms with van der Waals surface area (Å²) in [7, 11) is 1.54. The van der Waals surface area contributed by atoms with E-state index in [9.17, 15) is 9.59 Å². The standard InChI is InChI=1S/C13H17NO4/c1-4-9(18-3)6-5-8(2)10-7-14-12(15)11(10)13(16)17/h4-6,10-11H,2,7H2,1,3H3,(H,14,15)(H,16,17)/b6-5-,9-4+/t10-,11-/m0/s1. The smallest absolute Gasteiger partial charge is 0.316 e. The van der Waals surface area contributed by atoms with Crippen molar-refractivity contribution in [1.82, 2.24) is 5.32 Å². The number of aliphatic carboxylic acids is 1. The van der Waals surface area contributed by atoms with Crippen LogP contribution < -0.4 is 5.32 Å². The average Bonchev–Trinajstić information content (AvgIpc) is 2.72. The molecule has 1 aliphatic heterocycles. The van der Waals surface area contributed by atoms with E-state index in [2.05, 4.69) is 11.9 Å². The number of ether oxygens (including phenoxy) is 1. The second-order valence-corrected chi connectivity index (χ2v) is 3.97. The highest BCUT2D eigenvalue weighted by Gasteiger charge is 2.40. The summed E-state index contributed by atoms with van der Waals surface area (Å²) in [5.41, 5.74) is 0.595. The first kappa shape index (κ1) is 14.0. The number of carbonyl (C=O) groups excluding carboxylic acids is 1. The molecular weight excluding hydrogens is 234 g/mol. The van der Waals surface area contributed by atoms with Crippen molar-refractivity contribution >= 4 is 11.9 Å². The molecule has 0 bridgehead atoms. The van der Waals surface area contributed by atoms with E-state index in [-0.39, 0.29) is 0 Å². The van der Waals surface area contributed by atoms with Crippen LogP contribution in [-0.2, 0) is 14.3 Å². The van der Waals surface area contributed by atoms with Crippen molar-refractivity contribution in [2.24, 2.45) is 11.8 Å². The molecule has 5 heteroatoms. The molecule has 1 aliphatic rings. The number of nitrogens with one attached hydrogen (secondary N) is 1. The van der Waals surface area contributed by atoms with Gasteiger partial charge in [-0.2, -0.15) is 0 Å². The minimum atomic E-state index is -1.12. The Bertz CT molecular complexity index is 423. The summed E-state index contributed by atoms with van der Waals surface area (Å²) in [4.78, 5) is 22.4. The zero-order chi connectivity index (χ0) is 13.7. The molecule has 0 aliphatic carbocycles. The Balaban J connectivity index is 2.79. The van der Waals surface area contributed by atoms with Gasteiger partial charge in [-0.1, -0.05) is 12.7 Å². The maximum Gasteiger partial charge on any atom is 0.316 e. The maximum absolute atomic E-state index is 11.4.